The maximum atomic E-state index is 12.8. The SMILES string of the molecule is CCCCCCCCCCCCCCCCCCC(CCC(=O)CCCCCCCCCCCCCCC)OP(=O)(O)OCC[N+](C)(C)C. The Morgan fingerprint density at radius 1 is 0.531 bits per heavy atom. The van der Waals surface area contributed by atoms with E-state index >= 15 is 0 Å². The van der Waals surface area contributed by atoms with Crippen LogP contribution in [0.3, 0.4) is 0 Å². The summed E-state index contributed by atoms with van der Waals surface area (Å²) in [6, 6.07) is 0. The topological polar surface area (TPSA) is 72.8 Å². The number of quaternary nitrogens is 1. The number of rotatable bonds is 40. The molecule has 1 N–H and O–H groups in total. The minimum absolute atomic E-state index is 0.168. The molecule has 0 saturated heterocycles. The molecule has 0 aliphatic heterocycles. The fourth-order valence-corrected chi connectivity index (χ4v) is 7.57. The van der Waals surface area contributed by atoms with Gasteiger partial charge in [0.25, 0.3) is 0 Å². The number of carbonyl (C=O) groups excluding carboxylic acids is 1. The van der Waals surface area contributed by atoms with Crippen LogP contribution in [0.15, 0.2) is 0 Å². The Hall–Kier alpha value is -0.260. The van der Waals surface area contributed by atoms with Crippen LogP contribution >= 0.6 is 7.82 Å². The van der Waals surface area contributed by atoms with Crippen molar-refractivity contribution in [3.63, 3.8) is 0 Å². The third-order valence-electron chi connectivity index (χ3n) is 9.98. The molecule has 7 heteroatoms. The number of hydrogen-bond acceptors (Lipinski definition) is 4. The van der Waals surface area contributed by atoms with E-state index in [9.17, 15) is 14.3 Å². The number of hydrogen-bond donors (Lipinski definition) is 1. The second-order valence-corrected chi connectivity index (χ2v) is 17.6. The molecule has 0 aliphatic rings. The van der Waals surface area contributed by atoms with Crippen LogP contribution in [0.25, 0.3) is 0 Å². The van der Waals surface area contributed by atoms with Crippen molar-refractivity contribution in [3.8, 4) is 0 Å². The van der Waals surface area contributed by atoms with Gasteiger partial charge in [0.05, 0.1) is 27.2 Å². The average Bonchev–Trinajstić information content (AvgIpc) is 3.04. The summed E-state index contributed by atoms with van der Waals surface area (Å²) in [6.07, 6.45) is 39.8. The predicted octanol–water partition coefficient (Wildman–Crippen LogP) is 13.7. The first-order valence-electron chi connectivity index (χ1n) is 21.6. The lowest BCUT2D eigenvalue weighted by Gasteiger charge is -2.25. The zero-order valence-electron chi connectivity index (χ0n) is 33.8. The summed E-state index contributed by atoms with van der Waals surface area (Å²) >= 11 is 0. The highest BCUT2D eigenvalue weighted by Crippen LogP contribution is 2.46. The maximum absolute atomic E-state index is 12.8. The quantitative estimate of drug-likeness (QED) is 0.0388. The van der Waals surface area contributed by atoms with Gasteiger partial charge >= 0.3 is 7.82 Å². The molecule has 2 atom stereocenters. The zero-order chi connectivity index (χ0) is 36.3. The third kappa shape index (κ3) is 38.8. The van der Waals surface area contributed by atoms with Gasteiger partial charge in [-0.3, -0.25) is 13.8 Å². The van der Waals surface area contributed by atoms with E-state index in [0.29, 0.717) is 36.7 Å². The lowest BCUT2D eigenvalue weighted by molar-refractivity contribution is -0.870. The molecule has 0 spiro atoms. The minimum Gasteiger partial charge on any atom is -0.329 e. The van der Waals surface area contributed by atoms with Crippen LogP contribution in [-0.2, 0) is 18.4 Å². The molecule has 6 nitrogen and oxygen atoms in total. The van der Waals surface area contributed by atoms with Gasteiger partial charge in [0.1, 0.15) is 18.9 Å². The van der Waals surface area contributed by atoms with E-state index < -0.39 is 13.9 Å². The van der Waals surface area contributed by atoms with Crippen LogP contribution in [0, 0.1) is 0 Å². The zero-order valence-corrected chi connectivity index (χ0v) is 34.7. The second kappa shape index (κ2) is 34.8. The highest BCUT2D eigenvalue weighted by Gasteiger charge is 2.27. The largest absolute Gasteiger partial charge is 0.472 e. The summed E-state index contributed by atoms with van der Waals surface area (Å²) in [7, 11) is 1.91. The number of unbranched alkanes of at least 4 members (excludes halogenated alkanes) is 27. The van der Waals surface area contributed by atoms with E-state index in [1.807, 2.05) is 21.1 Å². The van der Waals surface area contributed by atoms with E-state index in [0.717, 1.165) is 25.7 Å². The van der Waals surface area contributed by atoms with Crippen molar-refractivity contribution in [1.29, 1.82) is 0 Å². The van der Waals surface area contributed by atoms with Gasteiger partial charge in [-0.15, -0.1) is 0 Å². The fourth-order valence-electron chi connectivity index (χ4n) is 6.61. The number of phosphoric acid groups is 1. The molecular formula is C42H87NO5P+. The Kier molecular flexibility index (Phi) is 34.6. The smallest absolute Gasteiger partial charge is 0.329 e. The molecular weight excluding hydrogens is 629 g/mol. The predicted molar refractivity (Wildman–Crippen MR) is 212 cm³/mol. The summed E-state index contributed by atoms with van der Waals surface area (Å²) in [5, 5.41) is 0. The molecule has 0 saturated carbocycles. The van der Waals surface area contributed by atoms with Gasteiger partial charge in [-0.25, -0.2) is 4.57 Å². The first-order valence-corrected chi connectivity index (χ1v) is 23.1. The Morgan fingerprint density at radius 2 is 0.878 bits per heavy atom. The third-order valence-corrected chi connectivity index (χ3v) is 11.1. The Labute approximate surface area is 306 Å². The number of carbonyl (C=O) groups is 1. The molecule has 0 heterocycles. The summed E-state index contributed by atoms with van der Waals surface area (Å²) < 4.78 is 24.4. The molecule has 294 valence electrons. The minimum atomic E-state index is -4.16. The van der Waals surface area contributed by atoms with E-state index in [-0.39, 0.29) is 12.4 Å². The molecule has 0 aliphatic carbocycles. The van der Waals surface area contributed by atoms with Crippen molar-refractivity contribution in [2.24, 2.45) is 0 Å². The molecule has 2 unspecified atom stereocenters. The molecule has 0 radical (unpaired) electrons. The summed E-state index contributed by atoms with van der Waals surface area (Å²) in [6.45, 7) is 5.34. The van der Waals surface area contributed by atoms with Crippen molar-refractivity contribution in [2.45, 2.75) is 232 Å². The van der Waals surface area contributed by atoms with Crippen LogP contribution < -0.4 is 0 Å². The van der Waals surface area contributed by atoms with E-state index in [4.69, 9.17) is 9.05 Å². The van der Waals surface area contributed by atoms with Crippen molar-refractivity contribution in [1.82, 2.24) is 0 Å². The molecule has 0 rings (SSSR count). The highest BCUT2D eigenvalue weighted by molar-refractivity contribution is 7.47. The van der Waals surface area contributed by atoms with Crippen molar-refractivity contribution < 1.29 is 27.8 Å². The van der Waals surface area contributed by atoms with E-state index in [1.54, 1.807) is 0 Å². The molecule has 0 bridgehead atoms. The number of nitrogens with zero attached hydrogens (tertiary/aromatic N) is 1. The standard InChI is InChI=1S/C42H86NO5P/c1-6-8-10-12-14-16-18-20-21-22-24-26-28-30-32-34-36-42(48-49(45,46)47-40-39-43(3,4)5)38-37-41(44)35-33-31-29-27-25-23-19-17-15-13-11-9-7-2/h42H,6-40H2,1-5H3/p+1. The number of likely N-dealkylation sites (N-methyl/N-ethyl adjacent to an activating group) is 1. The van der Waals surface area contributed by atoms with Crippen molar-refractivity contribution in [2.75, 3.05) is 34.3 Å². The van der Waals surface area contributed by atoms with Crippen molar-refractivity contribution >= 4 is 13.6 Å². The Balaban J connectivity index is 4.19. The molecule has 0 aromatic heterocycles. The first-order chi connectivity index (χ1) is 23.6. The van der Waals surface area contributed by atoms with Crippen molar-refractivity contribution in [3.05, 3.63) is 0 Å². The lowest BCUT2D eigenvalue weighted by atomic mass is 10.0. The summed E-state index contributed by atoms with van der Waals surface area (Å²) in [5.74, 6) is 0.252. The first kappa shape index (κ1) is 48.7. The molecule has 0 fully saturated rings. The van der Waals surface area contributed by atoms with Crippen LogP contribution in [0.5, 0.6) is 0 Å². The van der Waals surface area contributed by atoms with Crippen LogP contribution in [0.2, 0.25) is 0 Å². The van der Waals surface area contributed by atoms with Gasteiger partial charge < -0.3 is 9.38 Å². The van der Waals surface area contributed by atoms with Gasteiger partial charge in [0.2, 0.25) is 0 Å². The average molecular weight is 717 g/mol. The lowest BCUT2D eigenvalue weighted by Crippen LogP contribution is -2.37. The fraction of sp³-hybridized carbons (Fsp3) is 0.976. The van der Waals surface area contributed by atoms with Crippen LogP contribution in [0.1, 0.15) is 226 Å². The molecule has 0 aromatic rings. The Morgan fingerprint density at radius 3 is 1.24 bits per heavy atom. The molecule has 49 heavy (non-hydrogen) atoms. The van der Waals surface area contributed by atoms with E-state index in [2.05, 4.69) is 13.8 Å². The van der Waals surface area contributed by atoms with Gasteiger partial charge in [0, 0.05) is 12.8 Å². The monoisotopic (exact) mass is 717 g/mol. The maximum Gasteiger partial charge on any atom is 0.472 e. The van der Waals surface area contributed by atoms with Gasteiger partial charge in [-0.2, -0.15) is 0 Å². The molecule has 0 amide bonds. The number of phosphoric ester groups is 1. The second-order valence-electron chi connectivity index (χ2n) is 16.2. The van der Waals surface area contributed by atoms with Gasteiger partial charge in [0.15, 0.2) is 0 Å². The van der Waals surface area contributed by atoms with Gasteiger partial charge in [-0.1, -0.05) is 194 Å². The van der Waals surface area contributed by atoms with Gasteiger partial charge in [-0.05, 0) is 19.3 Å². The van der Waals surface area contributed by atoms with Crippen LogP contribution in [0.4, 0.5) is 0 Å². The summed E-state index contributed by atoms with van der Waals surface area (Å²) in [4.78, 5) is 23.1. The molecule has 0 aromatic carbocycles. The van der Waals surface area contributed by atoms with E-state index in [1.165, 1.54) is 161 Å². The van der Waals surface area contributed by atoms with Crippen LogP contribution in [-0.4, -0.2) is 55.6 Å². The number of Topliss-reactive ketones (excluding diaryl/α,β-unsaturated/α-hetero) is 1. The normalized spacial score (nSPS) is 13.9. The number of ketones is 1. The highest BCUT2D eigenvalue weighted by atomic mass is 31.2. The Bertz CT molecular complexity index is 756. The summed E-state index contributed by atoms with van der Waals surface area (Å²) in [5.41, 5.74) is 0.